The molecule has 1 aliphatic heterocycles. The van der Waals surface area contributed by atoms with Gasteiger partial charge in [0.15, 0.2) is 0 Å². The molecule has 2 heteroatoms. The van der Waals surface area contributed by atoms with E-state index in [1.807, 2.05) is 7.05 Å². The molecule has 1 radical (unpaired) electrons. The summed E-state index contributed by atoms with van der Waals surface area (Å²) in [7, 11) is 2.00. The minimum Gasteiger partial charge on any atom is -0.315 e. The summed E-state index contributed by atoms with van der Waals surface area (Å²) < 4.78 is 0. The first kappa shape index (κ1) is 6.05. The summed E-state index contributed by atoms with van der Waals surface area (Å²) in [5.74, 6) is 0.750. The Labute approximate surface area is 50.7 Å². The molecule has 1 fully saturated rings. The quantitative estimate of drug-likeness (QED) is 0.502. The number of hydrogen-bond acceptors (Lipinski definition) is 1. The summed E-state index contributed by atoms with van der Waals surface area (Å²) in [5, 5.41) is 7.47. The highest BCUT2D eigenvalue weighted by molar-refractivity contribution is 4.81. The lowest BCUT2D eigenvalue weighted by Crippen LogP contribution is -2.30. The third kappa shape index (κ3) is 1.01. The lowest BCUT2D eigenvalue weighted by molar-refractivity contribution is 0.490. The largest absolute Gasteiger partial charge is 0.315 e. The number of hydrogen-bond donors (Lipinski definition) is 1. The Morgan fingerprint density at radius 1 is 1.50 bits per heavy atom. The van der Waals surface area contributed by atoms with Crippen LogP contribution in [0, 0.1) is 5.92 Å². The minimum absolute atomic E-state index is 0.648. The van der Waals surface area contributed by atoms with Gasteiger partial charge in [-0.1, -0.05) is 6.92 Å². The second kappa shape index (κ2) is 2.46. The Hall–Kier alpha value is -0.0800. The molecule has 0 aromatic carbocycles. The molecule has 0 aromatic rings. The Morgan fingerprint density at radius 3 is 2.50 bits per heavy atom. The zero-order chi connectivity index (χ0) is 5.98. The van der Waals surface area contributed by atoms with E-state index < -0.39 is 0 Å². The molecule has 0 saturated carbocycles. The number of nitrogens with one attached hydrogen (secondary N) is 1. The normalized spacial score (nSPS) is 38.2. The molecule has 0 amide bonds. The van der Waals surface area contributed by atoms with Gasteiger partial charge in [0.05, 0.1) is 0 Å². The number of likely N-dealkylation sites (N-methyl/N-ethyl adjacent to an activating group) is 1. The monoisotopic (exact) mass is 113 g/mol. The van der Waals surface area contributed by atoms with Gasteiger partial charge in [0.1, 0.15) is 0 Å². The van der Waals surface area contributed by atoms with Gasteiger partial charge in [-0.25, -0.2) is 5.32 Å². The lowest BCUT2D eigenvalue weighted by atomic mass is 10.1. The first-order valence-corrected chi connectivity index (χ1v) is 3.15. The fourth-order valence-corrected chi connectivity index (χ4v) is 1.10. The Bertz CT molecular complexity index is 72.9. The first-order valence-electron chi connectivity index (χ1n) is 3.15. The van der Waals surface area contributed by atoms with Crippen molar-refractivity contribution < 1.29 is 0 Å². The molecule has 47 valence electrons. The van der Waals surface area contributed by atoms with E-state index in [4.69, 9.17) is 0 Å². The second-order valence-electron chi connectivity index (χ2n) is 2.46. The van der Waals surface area contributed by atoms with Crippen LogP contribution in [-0.2, 0) is 0 Å². The summed E-state index contributed by atoms with van der Waals surface area (Å²) in [6.07, 6.45) is 0. The molecule has 0 aliphatic carbocycles. The summed E-state index contributed by atoms with van der Waals surface area (Å²) in [6, 6.07) is 0.648. The second-order valence-corrected chi connectivity index (χ2v) is 2.46. The number of rotatable bonds is 1. The van der Waals surface area contributed by atoms with Crippen LogP contribution in [0.4, 0.5) is 0 Å². The molecule has 2 atom stereocenters. The van der Waals surface area contributed by atoms with Crippen LogP contribution in [0.3, 0.4) is 0 Å². The highest BCUT2D eigenvalue weighted by Crippen LogP contribution is 2.06. The van der Waals surface area contributed by atoms with Crippen molar-refractivity contribution in [3.05, 3.63) is 0 Å². The van der Waals surface area contributed by atoms with Gasteiger partial charge in [-0.3, -0.25) is 0 Å². The van der Waals surface area contributed by atoms with Crippen molar-refractivity contribution in [1.82, 2.24) is 10.6 Å². The molecular weight excluding hydrogens is 100 g/mol. The van der Waals surface area contributed by atoms with Crippen LogP contribution in [0.2, 0.25) is 0 Å². The van der Waals surface area contributed by atoms with Gasteiger partial charge in [0, 0.05) is 19.1 Å². The Morgan fingerprint density at radius 2 is 2.25 bits per heavy atom. The maximum Gasteiger partial charge on any atom is 0.0290 e. The van der Waals surface area contributed by atoms with E-state index in [9.17, 15) is 0 Å². The predicted octanol–water partition coefficient (Wildman–Crippen LogP) is -0.172. The van der Waals surface area contributed by atoms with Crippen LogP contribution >= 0.6 is 0 Å². The zero-order valence-electron chi connectivity index (χ0n) is 5.52. The molecule has 0 aromatic heterocycles. The van der Waals surface area contributed by atoms with Crippen LogP contribution < -0.4 is 10.6 Å². The van der Waals surface area contributed by atoms with Crippen LogP contribution in [0.1, 0.15) is 6.92 Å². The molecule has 8 heavy (non-hydrogen) atoms. The van der Waals surface area contributed by atoms with Crippen molar-refractivity contribution >= 4 is 0 Å². The van der Waals surface area contributed by atoms with Crippen LogP contribution in [-0.4, -0.2) is 26.2 Å². The van der Waals surface area contributed by atoms with Crippen molar-refractivity contribution in [2.45, 2.75) is 13.0 Å². The van der Waals surface area contributed by atoms with E-state index in [1.54, 1.807) is 0 Å². The molecule has 1 heterocycles. The molecule has 0 bridgehead atoms. The third-order valence-electron chi connectivity index (χ3n) is 1.80. The van der Waals surface area contributed by atoms with E-state index in [2.05, 4.69) is 17.6 Å². The van der Waals surface area contributed by atoms with Gasteiger partial charge in [0.25, 0.3) is 0 Å². The topological polar surface area (TPSA) is 26.1 Å². The van der Waals surface area contributed by atoms with Gasteiger partial charge < -0.3 is 5.32 Å². The molecular formula is C6H13N2. The Kier molecular flexibility index (Phi) is 1.86. The Balaban J connectivity index is 2.30. The fourth-order valence-electron chi connectivity index (χ4n) is 1.10. The van der Waals surface area contributed by atoms with Crippen molar-refractivity contribution in [2.24, 2.45) is 5.92 Å². The van der Waals surface area contributed by atoms with E-state index in [0.717, 1.165) is 19.0 Å². The highest BCUT2D eigenvalue weighted by atomic mass is 15.0. The van der Waals surface area contributed by atoms with E-state index in [-0.39, 0.29) is 0 Å². The van der Waals surface area contributed by atoms with Gasteiger partial charge in [-0.15, -0.1) is 0 Å². The highest BCUT2D eigenvalue weighted by Gasteiger charge is 2.21. The van der Waals surface area contributed by atoms with Crippen molar-refractivity contribution in [3.8, 4) is 0 Å². The van der Waals surface area contributed by atoms with Crippen LogP contribution in [0.15, 0.2) is 0 Å². The van der Waals surface area contributed by atoms with Crippen LogP contribution in [0.25, 0.3) is 0 Å². The predicted molar refractivity (Wildman–Crippen MR) is 33.9 cm³/mol. The molecule has 1 aliphatic rings. The average Bonchev–Trinajstić information content (AvgIpc) is 2.14. The van der Waals surface area contributed by atoms with Gasteiger partial charge >= 0.3 is 0 Å². The zero-order valence-corrected chi connectivity index (χ0v) is 5.52. The fraction of sp³-hybridized carbons (Fsp3) is 1.00. The van der Waals surface area contributed by atoms with E-state index >= 15 is 0 Å². The third-order valence-corrected chi connectivity index (χ3v) is 1.80. The SMILES string of the molecule is CNC1C[N]CC1C. The molecule has 0 spiro atoms. The maximum absolute atomic E-state index is 4.25. The van der Waals surface area contributed by atoms with Crippen molar-refractivity contribution in [3.63, 3.8) is 0 Å². The van der Waals surface area contributed by atoms with Gasteiger partial charge in [-0.2, -0.15) is 0 Å². The van der Waals surface area contributed by atoms with Crippen LogP contribution in [0.5, 0.6) is 0 Å². The summed E-state index contributed by atoms with van der Waals surface area (Å²) >= 11 is 0. The van der Waals surface area contributed by atoms with E-state index in [0.29, 0.717) is 6.04 Å². The molecule has 1 rings (SSSR count). The van der Waals surface area contributed by atoms with Crippen molar-refractivity contribution in [1.29, 1.82) is 0 Å². The standard InChI is InChI=1S/C6H13N2/c1-5-3-8-4-6(5)7-2/h5-7H,3-4H2,1-2H3. The first-order chi connectivity index (χ1) is 3.84. The maximum atomic E-state index is 4.25. The van der Waals surface area contributed by atoms with Gasteiger partial charge in [0.2, 0.25) is 0 Å². The molecule has 2 nitrogen and oxygen atoms in total. The smallest absolute Gasteiger partial charge is 0.0290 e. The minimum atomic E-state index is 0.648. The summed E-state index contributed by atoms with van der Waals surface area (Å²) in [5.41, 5.74) is 0. The molecule has 2 unspecified atom stereocenters. The lowest BCUT2D eigenvalue weighted by Gasteiger charge is -2.10. The molecule has 1 saturated heterocycles. The summed E-state index contributed by atoms with van der Waals surface area (Å²) in [6.45, 7) is 4.29. The van der Waals surface area contributed by atoms with Crippen molar-refractivity contribution in [2.75, 3.05) is 20.1 Å². The summed E-state index contributed by atoms with van der Waals surface area (Å²) in [4.78, 5) is 0. The number of nitrogens with zero attached hydrogens (tertiary/aromatic N) is 1. The van der Waals surface area contributed by atoms with Gasteiger partial charge in [-0.05, 0) is 13.0 Å². The van der Waals surface area contributed by atoms with E-state index in [1.165, 1.54) is 0 Å². The molecule has 1 N–H and O–H groups in total. The average molecular weight is 113 g/mol.